The van der Waals surface area contributed by atoms with Crippen molar-refractivity contribution in [2.24, 2.45) is 5.92 Å². The normalized spacial score (nSPS) is 28.5. The minimum absolute atomic E-state index is 0.00654. The highest BCUT2D eigenvalue weighted by atomic mass is 16.5. The zero-order valence-corrected chi connectivity index (χ0v) is 14.3. The minimum atomic E-state index is -0.560. The number of piperazine rings is 2. The summed E-state index contributed by atoms with van der Waals surface area (Å²) in [5.74, 6) is 0.283. The van der Waals surface area contributed by atoms with Crippen LogP contribution >= 0.6 is 0 Å². The van der Waals surface area contributed by atoms with Gasteiger partial charge >= 0.3 is 0 Å². The molecule has 3 amide bonds. The summed E-state index contributed by atoms with van der Waals surface area (Å²) in [6.07, 6.45) is 6.79. The van der Waals surface area contributed by atoms with Gasteiger partial charge in [-0.05, 0) is 12.3 Å². The summed E-state index contributed by atoms with van der Waals surface area (Å²) < 4.78 is 4.87. The van der Waals surface area contributed by atoms with Crippen molar-refractivity contribution in [2.75, 3.05) is 33.4 Å². The second-order valence-corrected chi connectivity index (χ2v) is 7.12. The molecular weight excluding hydrogens is 310 g/mol. The molecule has 0 aromatic carbocycles. The molecule has 7 nitrogen and oxygen atoms in total. The number of nitrogens with one attached hydrogen (secondary N) is 1. The summed E-state index contributed by atoms with van der Waals surface area (Å²) in [7, 11) is 1.47. The highest BCUT2D eigenvalue weighted by Gasteiger charge is 2.44. The summed E-state index contributed by atoms with van der Waals surface area (Å²) in [5, 5.41) is 2.90. The van der Waals surface area contributed by atoms with Gasteiger partial charge in [-0.25, -0.2) is 0 Å². The van der Waals surface area contributed by atoms with Gasteiger partial charge in [-0.1, -0.05) is 32.1 Å². The van der Waals surface area contributed by atoms with E-state index in [1.807, 2.05) is 0 Å². The lowest BCUT2D eigenvalue weighted by Crippen LogP contribution is -2.70. The molecule has 0 aromatic heterocycles. The van der Waals surface area contributed by atoms with Gasteiger partial charge in [0.25, 0.3) is 0 Å². The molecule has 7 heteroatoms. The lowest BCUT2D eigenvalue weighted by molar-refractivity contribution is -0.157. The molecule has 2 atom stereocenters. The van der Waals surface area contributed by atoms with Crippen molar-refractivity contribution in [3.05, 3.63) is 0 Å². The van der Waals surface area contributed by atoms with E-state index in [2.05, 4.69) is 5.32 Å². The predicted octanol–water partition coefficient (Wildman–Crippen LogP) is 0.141. The first-order valence-corrected chi connectivity index (χ1v) is 8.97. The van der Waals surface area contributed by atoms with E-state index in [-0.39, 0.29) is 30.9 Å². The van der Waals surface area contributed by atoms with Gasteiger partial charge in [0.05, 0.1) is 6.54 Å². The van der Waals surface area contributed by atoms with E-state index >= 15 is 0 Å². The summed E-state index contributed by atoms with van der Waals surface area (Å²) >= 11 is 0. The number of hydrogen-bond donors (Lipinski definition) is 1. The number of fused-ring (bicyclic) bond motifs is 1. The molecule has 3 fully saturated rings. The van der Waals surface area contributed by atoms with Crippen molar-refractivity contribution in [2.45, 2.75) is 50.6 Å². The number of amides is 3. The van der Waals surface area contributed by atoms with Crippen LogP contribution in [0.2, 0.25) is 0 Å². The smallest absolute Gasteiger partial charge is 0.248 e. The Kier molecular flexibility index (Phi) is 5.38. The fourth-order valence-corrected chi connectivity index (χ4v) is 4.16. The molecule has 0 bridgehead atoms. The van der Waals surface area contributed by atoms with Crippen LogP contribution in [0.5, 0.6) is 0 Å². The molecule has 0 radical (unpaired) electrons. The van der Waals surface area contributed by atoms with Crippen molar-refractivity contribution in [1.82, 2.24) is 15.1 Å². The molecule has 1 N–H and O–H groups in total. The van der Waals surface area contributed by atoms with Crippen molar-refractivity contribution < 1.29 is 19.1 Å². The number of rotatable bonds is 4. The highest BCUT2D eigenvalue weighted by Crippen LogP contribution is 2.29. The molecule has 2 aliphatic heterocycles. The van der Waals surface area contributed by atoms with Crippen LogP contribution in [-0.2, 0) is 19.1 Å². The van der Waals surface area contributed by atoms with E-state index in [1.165, 1.54) is 26.4 Å². The standard InChI is InChI=1S/C17H27N3O4/c1-24-11-15(21)19-7-8-20-14(10-19)16(22)18-13(17(20)23)9-12-5-3-2-4-6-12/h12-14H,2-11H2,1H3,(H,18,22)/t13-,14-/m0/s1. The van der Waals surface area contributed by atoms with Crippen LogP contribution in [0.15, 0.2) is 0 Å². The number of nitrogens with zero attached hydrogens (tertiary/aromatic N) is 2. The number of carbonyl (C=O) groups is 3. The first-order valence-electron chi connectivity index (χ1n) is 8.97. The molecule has 0 spiro atoms. The minimum Gasteiger partial charge on any atom is -0.375 e. The Morgan fingerprint density at radius 2 is 1.96 bits per heavy atom. The molecule has 0 unspecified atom stereocenters. The average Bonchev–Trinajstić information content (AvgIpc) is 2.60. The second-order valence-electron chi connectivity index (χ2n) is 7.12. The van der Waals surface area contributed by atoms with Gasteiger partial charge in [0.15, 0.2) is 0 Å². The number of hydrogen-bond acceptors (Lipinski definition) is 4. The first kappa shape index (κ1) is 17.2. The topological polar surface area (TPSA) is 79.0 Å². The molecule has 2 heterocycles. The molecule has 1 saturated carbocycles. The Bertz CT molecular complexity index is 504. The average molecular weight is 337 g/mol. The van der Waals surface area contributed by atoms with Crippen LogP contribution in [0.4, 0.5) is 0 Å². The summed E-state index contributed by atoms with van der Waals surface area (Å²) in [6, 6.07) is -0.951. The Morgan fingerprint density at radius 1 is 1.21 bits per heavy atom. The van der Waals surface area contributed by atoms with Gasteiger partial charge in [0.1, 0.15) is 18.7 Å². The molecule has 24 heavy (non-hydrogen) atoms. The van der Waals surface area contributed by atoms with Crippen molar-refractivity contribution >= 4 is 17.7 Å². The van der Waals surface area contributed by atoms with Gasteiger partial charge < -0.3 is 19.9 Å². The third-order valence-corrected chi connectivity index (χ3v) is 5.49. The first-order chi connectivity index (χ1) is 11.6. The Balaban J connectivity index is 1.61. The summed E-state index contributed by atoms with van der Waals surface area (Å²) in [5.41, 5.74) is 0. The zero-order valence-electron chi connectivity index (χ0n) is 14.3. The number of ether oxygens (including phenoxy) is 1. The van der Waals surface area contributed by atoms with Gasteiger partial charge in [0.2, 0.25) is 17.7 Å². The van der Waals surface area contributed by atoms with E-state index in [0.717, 1.165) is 19.3 Å². The Labute approximate surface area is 142 Å². The maximum absolute atomic E-state index is 12.8. The molecule has 0 aromatic rings. The number of carbonyl (C=O) groups excluding carboxylic acids is 3. The van der Waals surface area contributed by atoms with Gasteiger partial charge in [-0.15, -0.1) is 0 Å². The van der Waals surface area contributed by atoms with E-state index in [4.69, 9.17) is 4.74 Å². The van der Waals surface area contributed by atoms with E-state index in [0.29, 0.717) is 19.0 Å². The monoisotopic (exact) mass is 337 g/mol. The van der Waals surface area contributed by atoms with Gasteiger partial charge in [-0.2, -0.15) is 0 Å². The highest BCUT2D eigenvalue weighted by molar-refractivity contribution is 5.97. The van der Waals surface area contributed by atoms with Gasteiger partial charge in [-0.3, -0.25) is 14.4 Å². The van der Waals surface area contributed by atoms with Crippen molar-refractivity contribution in [3.63, 3.8) is 0 Å². The maximum Gasteiger partial charge on any atom is 0.248 e. The molecule has 3 aliphatic rings. The van der Waals surface area contributed by atoms with Crippen LogP contribution in [0, 0.1) is 5.92 Å². The third kappa shape index (κ3) is 3.55. The van der Waals surface area contributed by atoms with Crippen molar-refractivity contribution in [1.29, 1.82) is 0 Å². The predicted molar refractivity (Wildman–Crippen MR) is 87.1 cm³/mol. The van der Waals surface area contributed by atoms with Crippen molar-refractivity contribution in [3.8, 4) is 0 Å². The van der Waals surface area contributed by atoms with E-state index in [9.17, 15) is 14.4 Å². The Morgan fingerprint density at radius 3 is 2.67 bits per heavy atom. The van der Waals surface area contributed by atoms with Gasteiger partial charge in [0, 0.05) is 20.2 Å². The molecule has 2 saturated heterocycles. The summed E-state index contributed by atoms with van der Waals surface area (Å²) in [4.78, 5) is 40.5. The van der Waals surface area contributed by atoms with Crippen LogP contribution < -0.4 is 5.32 Å². The Hall–Kier alpha value is -1.63. The SMILES string of the molecule is COCC(=O)N1CCN2C(=O)[C@H](CC3CCCCC3)NC(=O)[C@@H]2C1. The maximum atomic E-state index is 12.8. The zero-order chi connectivity index (χ0) is 17.1. The van der Waals surface area contributed by atoms with E-state index < -0.39 is 12.1 Å². The number of methoxy groups -OCH3 is 1. The van der Waals surface area contributed by atoms with Crippen LogP contribution in [0.1, 0.15) is 38.5 Å². The second kappa shape index (κ2) is 7.51. The molecule has 1 aliphatic carbocycles. The fraction of sp³-hybridized carbons (Fsp3) is 0.824. The fourth-order valence-electron chi connectivity index (χ4n) is 4.16. The largest absolute Gasteiger partial charge is 0.375 e. The van der Waals surface area contributed by atoms with Crippen LogP contribution in [0.3, 0.4) is 0 Å². The van der Waals surface area contributed by atoms with Crippen LogP contribution in [0.25, 0.3) is 0 Å². The lowest BCUT2D eigenvalue weighted by Gasteiger charge is -2.45. The third-order valence-electron chi connectivity index (χ3n) is 5.49. The molecular formula is C17H27N3O4. The molecule has 134 valence electrons. The lowest BCUT2D eigenvalue weighted by atomic mass is 9.84. The van der Waals surface area contributed by atoms with Crippen LogP contribution in [-0.4, -0.2) is 73.0 Å². The van der Waals surface area contributed by atoms with E-state index in [1.54, 1.807) is 9.80 Å². The quantitative estimate of drug-likeness (QED) is 0.791. The molecule has 3 rings (SSSR count). The summed E-state index contributed by atoms with van der Waals surface area (Å²) in [6.45, 7) is 1.16.